The SMILES string of the molecule is COCc1ccc2c(c1C1CCNCC1)OCCO2. The lowest BCUT2D eigenvalue weighted by molar-refractivity contribution is 0.163. The van der Waals surface area contributed by atoms with E-state index in [1.807, 2.05) is 6.07 Å². The van der Waals surface area contributed by atoms with Crippen LogP contribution in [-0.2, 0) is 11.3 Å². The Morgan fingerprint density at radius 1 is 1.21 bits per heavy atom. The molecule has 1 fully saturated rings. The van der Waals surface area contributed by atoms with Crippen LogP contribution in [0.4, 0.5) is 0 Å². The van der Waals surface area contributed by atoms with Gasteiger partial charge in [-0.1, -0.05) is 6.07 Å². The van der Waals surface area contributed by atoms with Gasteiger partial charge in [0, 0.05) is 12.7 Å². The fourth-order valence-electron chi connectivity index (χ4n) is 3.02. The number of benzene rings is 1. The van der Waals surface area contributed by atoms with E-state index in [1.165, 1.54) is 11.1 Å². The maximum Gasteiger partial charge on any atom is 0.165 e. The Morgan fingerprint density at radius 3 is 2.79 bits per heavy atom. The highest BCUT2D eigenvalue weighted by Gasteiger charge is 2.26. The Morgan fingerprint density at radius 2 is 2.00 bits per heavy atom. The molecule has 0 aromatic heterocycles. The third-order valence-corrected chi connectivity index (χ3v) is 3.88. The van der Waals surface area contributed by atoms with Gasteiger partial charge in [-0.25, -0.2) is 0 Å². The van der Waals surface area contributed by atoms with E-state index in [0.29, 0.717) is 25.7 Å². The smallest absolute Gasteiger partial charge is 0.165 e. The molecular weight excluding hydrogens is 242 g/mol. The monoisotopic (exact) mass is 263 g/mol. The summed E-state index contributed by atoms with van der Waals surface area (Å²) in [7, 11) is 1.74. The molecule has 1 N–H and O–H groups in total. The largest absolute Gasteiger partial charge is 0.486 e. The molecule has 1 saturated heterocycles. The number of fused-ring (bicyclic) bond motifs is 1. The first-order valence-corrected chi connectivity index (χ1v) is 7.01. The van der Waals surface area contributed by atoms with Crippen molar-refractivity contribution in [3.8, 4) is 11.5 Å². The van der Waals surface area contributed by atoms with Crippen molar-refractivity contribution < 1.29 is 14.2 Å². The zero-order chi connectivity index (χ0) is 13.1. The minimum Gasteiger partial charge on any atom is -0.486 e. The van der Waals surface area contributed by atoms with Crippen LogP contribution in [0.5, 0.6) is 11.5 Å². The van der Waals surface area contributed by atoms with Gasteiger partial charge in [0.05, 0.1) is 6.61 Å². The molecule has 1 aromatic rings. The van der Waals surface area contributed by atoms with E-state index in [9.17, 15) is 0 Å². The van der Waals surface area contributed by atoms with Crippen molar-refractivity contribution in [2.75, 3.05) is 33.4 Å². The van der Waals surface area contributed by atoms with Crippen LogP contribution in [0.3, 0.4) is 0 Å². The van der Waals surface area contributed by atoms with Crippen molar-refractivity contribution in [1.82, 2.24) is 5.32 Å². The Balaban J connectivity index is 2.01. The summed E-state index contributed by atoms with van der Waals surface area (Å²) >= 11 is 0. The molecule has 0 aliphatic carbocycles. The van der Waals surface area contributed by atoms with E-state index in [4.69, 9.17) is 14.2 Å². The Bertz CT molecular complexity index is 441. The van der Waals surface area contributed by atoms with Gasteiger partial charge < -0.3 is 19.5 Å². The predicted octanol–water partition coefficient (Wildman–Crippen LogP) is 2.07. The Kier molecular flexibility index (Phi) is 3.89. The van der Waals surface area contributed by atoms with Crippen LogP contribution in [0, 0.1) is 0 Å². The van der Waals surface area contributed by atoms with Gasteiger partial charge in [-0.15, -0.1) is 0 Å². The van der Waals surface area contributed by atoms with Crippen molar-refractivity contribution in [2.24, 2.45) is 0 Å². The highest BCUT2D eigenvalue weighted by atomic mass is 16.6. The van der Waals surface area contributed by atoms with Crippen LogP contribution in [0.1, 0.15) is 29.9 Å². The first kappa shape index (κ1) is 12.8. The molecule has 0 unspecified atom stereocenters. The molecule has 3 rings (SSSR count). The molecule has 0 saturated carbocycles. The molecule has 2 aliphatic rings. The second-order valence-corrected chi connectivity index (χ2v) is 5.12. The number of rotatable bonds is 3. The summed E-state index contributed by atoms with van der Waals surface area (Å²) in [5, 5.41) is 3.41. The summed E-state index contributed by atoms with van der Waals surface area (Å²) in [5.74, 6) is 2.38. The fourth-order valence-corrected chi connectivity index (χ4v) is 3.02. The summed E-state index contributed by atoms with van der Waals surface area (Å²) in [6.45, 7) is 4.06. The average molecular weight is 263 g/mol. The molecule has 1 aromatic carbocycles. The number of hydrogen-bond acceptors (Lipinski definition) is 4. The number of piperidine rings is 1. The molecule has 4 nitrogen and oxygen atoms in total. The molecule has 2 heterocycles. The van der Waals surface area contributed by atoms with Gasteiger partial charge in [0.25, 0.3) is 0 Å². The van der Waals surface area contributed by atoms with Crippen molar-refractivity contribution >= 4 is 0 Å². The maximum absolute atomic E-state index is 5.89. The summed E-state index contributed by atoms with van der Waals surface area (Å²) in [4.78, 5) is 0. The van der Waals surface area contributed by atoms with E-state index in [0.717, 1.165) is 37.4 Å². The molecule has 0 atom stereocenters. The summed E-state index contributed by atoms with van der Waals surface area (Å²) < 4.78 is 16.9. The van der Waals surface area contributed by atoms with E-state index in [1.54, 1.807) is 7.11 Å². The lowest BCUT2D eigenvalue weighted by atomic mass is 9.86. The lowest BCUT2D eigenvalue weighted by Crippen LogP contribution is -2.28. The van der Waals surface area contributed by atoms with Crippen molar-refractivity contribution in [1.29, 1.82) is 0 Å². The van der Waals surface area contributed by atoms with Crippen LogP contribution in [0.2, 0.25) is 0 Å². The van der Waals surface area contributed by atoms with Crippen molar-refractivity contribution in [2.45, 2.75) is 25.4 Å². The number of ether oxygens (including phenoxy) is 3. The van der Waals surface area contributed by atoms with Crippen LogP contribution in [-0.4, -0.2) is 33.4 Å². The molecule has 2 aliphatic heterocycles. The quantitative estimate of drug-likeness (QED) is 0.906. The third kappa shape index (κ3) is 2.55. The van der Waals surface area contributed by atoms with Crippen LogP contribution < -0.4 is 14.8 Å². The molecular formula is C15H21NO3. The van der Waals surface area contributed by atoms with Gasteiger partial charge in [0.2, 0.25) is 0 Å². The lowest BCUT2D eigenvalue weighted by Gasteiger charge is -2.30. The predicted molar refractivity (Wildman–Crippen MR) is 73.0 cm³/mol. The van der Waals surface area contributed by atoms with Crippen molar-refractivity contribution in [3.63, 3.8) is 0 Å². The summed E-state index contributed by atoms with van der Waals surface area (Å²) in [5.41, 5.74) is 2.54. The van der Waals surface area contributed by atoms with Gasteiger partial charge in [-0.05, 0) is 43.5 Å². The Labute approximate surface area is 114 Å². The fraction of sp³-hybridized carbons (Fsp3) is 0.600. The number of hydrogen-bond donors (Lipinski definition) is 1. The standard InChI is InChI=1S/C15H21NO3/c1-17-10-12-2-3-13-15(19-9-8-18-13)14(12)11-4-6-16-7-5-11/h2-3,11,16H,4-10H2,1H3. The van der Waals surface area contributed by atoms with Gasteiger partial charge in [-0.3, -0.25) is 0 Å². The molecule has 0 amide bonds. The van der Waals surface area contributed by atoms with E-state index >= 15 is 0 Å². The third-order valence-electron chi connectivity index (χ3n) is 3.88. The topological polar surface area (TPSA) is 39.7 Å². The normalized spacial score (nSPS) is 19.4. The second-order valence-electron chi connectivity index (χ2n) is 5.12. The number of methoxy groups -OCH3 is 1. The van der Waals surface area contributed by atoms with Crippen LogP contribution in [0.25, 0.3) is 0 Å². The first-order chi connectivity index (χ1) is 9.40. The maximum atomic E-state index is 5.89. The molecule has 0 bridgehead atoms. The highest BCUT2D eigenvalue weighted by molar-refractivity contribution is 5.53. The van der Waals surface area contributed by atoms with Crippen LogP contribution >= 0.6 is 0 Å². The van der Waals surface area contributed by atoms with Crippen LogP contribution in [0.15, 0.2) is 12.1 Å². The minimum absolute atomic E-state index is 0.544. The van der Waals surface area contributed by atoms with Gasteiger partial charge in [-0.2, -0.15) is 0 Å². The number of nitrogens with one attached hydrogen (secondary N) is 1. The second kappa shape index (κ2) is 5.80. The zero-order valence-electron chi connectivity index (χ0n) is 11.4. The summed E-state index contributed by atoms with van der Waals surface area (Å²) in [6.07, 6.45) is 2.30. The van der Waals surface area contributed by atoms with E-state index in [-0.39, 0.29) is 0 Å². The van der Waals surface area contributed by atoms with E-state index in [2.05, 4.69) is 11.4 Å². The molecule has 0 radical (unpaired) electrons. The highest BCUT2D eigenvalue weighted by Crippen LogP contribution is 2.43. The van der Waals surface area contributed by atoms with E-state index < -0.39 is 0 Å². The first-order valence-electron chi connectivity index (χ1n) is 7.01. The molecule has 104 valence electrons. The molecule has 19 heavy (non-hydrogen) atoms. The average Bonchev–Trinajstić information content (AvgIpc) is 2.48. The Hall–Kier alpha value is -1.26. The van der Waals surface area contributed by atoms with Crippen molar-refractivity contribution in [3.05, 3.63) is 23.3 Å². The summed E-state index contributed by atoms with van der Waals surface area (Å²) in [6, 6.07) is 4.13. The molecule has 0 spiro atoms. The van der Waals surface area contributed by atoms with Gasteiger partial charge in [0.15, 0.2) is 11.5 Å². The van der Waals surface area contributed by atoms with Gasteiger partial charge >= 0.3 is 0 Å². The van der Waals surface area contributed by atoms with Gasteiger partial charge in [0.1, 0.15) is 13.2 Å². The zero-order valence-corrected chi connectivity index (χ0v) is 11.4. The molecule has 4 heteroatoms. The minimum atomic E-state index is 0.544.